The van der Waals surface area contributed by atoms with Crippen molar-refractivity contribution in [2.24, 2.45) is 0 Å². The van der Waals surface area contributed by atoms with Gasteiger partial charge in [0, 0.05) is 17.0 Å². The molecule has 0 saturated carbocycles. The third kappa shape index (κ3) is 4.22. The number of nitriles is 1. The van der Waals surface area contributed by atoms with E-state index in [4.69, 9.17) is 10.00 Å². The summed E-state index contributed by atoms with van der Waals surface area (Å²) in [7, 11) is 1.66. The van der Waals surface area contributed by atoms with Gasteiger partial charge < -0.3 is 4.74 Å². The van der Waals surface area contributed by atoms with Crippen molar-refractivity contribution >= 4 is 11.8 Å². The maximum absolute atomic E-state index is 9.14. The van der Waals surface area contributed by atoms with Crippen LogP contribution in [0.1, 0.15) is 16.7 Å². The molecule has 0 amide bonds. The predicted molar refractivity (Wildman–Crippen MR) is 119 cm³/mol. The standard InChI is InChI=1S/C24H20N4OS/c1-17-5-3-8-20(13-17)23-26-27-24(28(23)21-9-11-22(29-2)12-10-21)30-16-19-7-4-6-18(14-19)15-25/h3-14H,16H2,1-2H3. The third-order valence-corrected chi connectivity index (χ3v) is 5.66. The van der Waals surface area contributed by atoms with Gasteiger partial charge in [-0.1, -0.05) is 47.7 Å². The van der Waals surface area contributed by atoms with Crippen LogP contribution in [-0.4, -0.2) is 21.9 Å². The first-order chi connectivity index (χ1) is 14.7. The Morgan fingerprint density at radius 1 is 1.00 bits per heavy atom. The summed E-state index contributed by atoms with van der Waals surface area (Å²) in [6.45, 7) is 2.06. The van der Waals surface area contributed by atoms with E-state index in [2.05, 4.69) is 39.9 Å². The Bertz CT molecular complexity index is 1210. The Kier molecular flexibility index (Phi) is 5.82. The molecule has 1 aromatic heterocycles. The smallest absolute Gasteiger partial charge is 0.196 e. The van der Waals surface area contributed by atoms with Gasteiger partial charge in [-0.25, -0.2) is 0 Å². The lowest BCUT2D eigenvalue weighted by molar-refractivity contribution is 0.414. The lowest BCUT2D eigenvalue weighted by atomic mass is 10.1. The van der Waals surface area contributed by atoms with Crippen LogP contribution in [0.25, 0.3) is 17.1 Å². The molecule has 0 bridgehead atoms. The lowest BCUT2D eigenvalue weighted by Gasteiger charge is -2.11. The lowest BCUT2D eigenvalue weighted by Crippen LogP contribution is -2.00. The molecule has 0 N–H and O–H groups in total. The fourth-order valence-electron chi connectivity index (χ4n) is 3.18. The van der Waals surface area contributed by atoms with E-state index in [0.717, 1.165) is 33.5 Å². The number of aryl methyl sites for hydroxylation is 1. The van der Waals surface area contributed by atoms with Crippen molar-refractivity contribution in [2.75, 3.05) is 7.11 Å². The Balaban J connectivity index is 1.73. The number of ether oxygens (including phenoxy) is 1. The minimum absolute atomic E-state index is 0.658. The summed E-state index contributed by atoms with van der Waals surface area (Å²) in [4.78, 5) is 0. The molecule has 4 aromatic rings. The fourth-order valence-corrected chi connectivity index (χ4v) is 4.07. The molecule has 0 aliphatic heterocycles. The van der Waals surface area contributed by atoms with Gasteiger partial charge in [-0.05, 0) is 55.0 Å². The highest BCUT2D eigenvalue weighted by Gasteiger charge is 2.16. The summed E-state index contributed by atoms with van der Waals surface area (Å²) in [6, 6.07) is 25.9. The van der Waals surface area contributed by atoms with Crippen LogP contribution in [0.3, 0.4) is 0 Å². The number of thioether (sulfide) groups is 1. The fraction of sp³-hybridized carbons (Fsp3) is 0.125. The molecule has 0 spiro atoms. The van der Waals surface area contributed by atoms with E-state index in [9.17, 15) is 0 Å². The van der Waals surface area contributed by atoms with Crippen molar-refractivity contribution in [1.29, 1.82) is 5.26 Å². The van der Waals surface area contributed by atoms with Crippen LogP contribution in [0.4, 0.5) is 0 Å². The Morgan fingerprint density at radius 3 is 2.53 bits per heavy atom. The minimum atomic E-state index is 0.658. The molecule has 0 aliphatic rings. The zero-order valence-electron chi connectivity index (χ0n) is 16.7. The van der Waals surface area contributed by atoms with Crippen LogP contribution in [0, 0.1) is 18.3 Å². The highest BCUT2D eigenvalue weighted by Crippen LogP contribution is 2.31. The van der Waals surface area contributed by atoms with Crippen molar-refractivity contribution in [1.82, 2.24) is 14.8 Å². The Labute approximate surface area is 180 Å². The van der Waals surface area contributed by atoms with Gasteiger partial charge in [0.15, 0.2) is 11.0 Å². The van der Waals surface area contributed by atoms with Crippen LogP contribution in [0.2, 0.25) is 0 Å². The van der Waals surface area contributed by atoms with Gasteiger partial charge >= 0.3 is 0 Å². The number of rotatable bonds is 6. The molecule has 0 aliphatic carbocycles. The zero-order valence-corrected chi connectivity index (χ0v) is 17.6. The van der Waals surface area contributed by atoms with Crippen molar-refractivity contribution in [2.45, 2.75) is 17.8 Å². The second kappa shape index (κ2) is 8.85. The van der Waals surface area contributed by atoms with Gasteiger partial charge in [0.05, 0.1) is 18.7 Å². The first kappa shape index (κ1) is 19.7. The normalized spacial score (nSPS) is 10.6. The van der Waals surface area contributed by atoms with Crippen LogP contribution in [0.5, 0.6) is 5.75 Å². The topological polar surface area (TPSA) is 63.7 Å². The summed E-state index contributed by atoms with van der Waals surface area (Å²) in [5.74, 6) is 2.28. The predicted octanol–water partition coefficient (Wildman–Crippen LogP) is 5.42. The maximum atomic E-state index is 9.14. The van der Waals surface area contributed by atoms with Crippen LogP contribution in [0.15, 0.2) is 78.0 Å². The van der Waals surface area contributed by atoms with Crippen LogP contribution in [-0.2, 0) is 5.75 Å². The SMILES string of the molecule is COc1ccc(-n2c(SCc3cccc(C#N)c3)nnc2-c2cccc(C)c2)cc1. The van der Waals surface area contributed by atoms with Gasteiger partial charge in [-0.3, -0.25) is 4.57 Å². The molecule has 0 fully saturated rings. The van der Waals surface area contributed by atoms with E-state index in [-0.39, 0.29) is 0 Å². The van der Waals surface area contributed by atoms with Crippen molar-refractivity contribution in [3.8, 4) is 28.9 Å². The van der Waals surface area contributed by atoms with Gasteiger partial charge in [-0.15, -0.1) is 10.2 Å². The summed E-state index contributed by atoms with van der Waals surface area (Å²) in [6.07, 6.45) is 0. The third-order valence-electron chi connectivity index (χ3n) is 4.66. The Morgan fingerprint density at radius 2 is 1.80 bits per heavy atom. The molecule has 148 valence electrons. The molecule has 5 nitrogen and oxygen atoms in total. The molecular weight excluding hydrogens is 392 g/mol. The number of aromatic nitrogens is 3. The minimum Gasteiger partial charge on any atom is -0.497 e. The van der Waals surface area contributed by atoms with Crippen molar-refractivity contribution in [3.63, 3.8) is 0 Å². The quantitative estimate of drug-likeness (QED) is 0.396. The summed E-state index contributed by atoms with van der Waals surface area (Å²) in [5, 5.41) is 18.9. The van der Waals surface area contributed by atoms with Crippen molar-refractivity contribution in [3.05, 3.63) is 89.5 Å². The number of nitrogens with zero attached hydrogens (tertiary/aromatic N) is 4. The molecule has 0 atom stereocenters. The van der Waals surface area contributed by atoms with E-state index in [0.29, 0.717) is 11.3 Å². The van der Waals surface area contributed by atoms with Gasteiger partial charge in [-0.2, -0.15) is 5.26 Å². The second-order valence-corrected chi connectivity index (χ2v) is 7.75. The summed E-state index contributed by atoms with van der Waals surface area (Å²) < 4.78 is 7.37. The van der Waals surface area contributed by atoms with Crippen LogP contribution < -0.4 is 4.74 Å². The maximum Gasteiger partial charge on any atom is 0.196 e. The molecule has 0 unspecified atom stereocenters. The van der Waals surface area contributed by atoms with E-state index >= 15 is 0 Å². The molecule has 1 heterocycles. The van der Waals surface area contributed by atoms with E-state index < -0.39 is 0 Å². The average molecular weight is 413 g/mol. The number of benzene rings is 3. The van der Waals surface area contributed by atoms with E-state index in [1.54, 1.807) is 18.9 Å². The first-order valence-electron chi connectivity index (χ1n) is 9.46. The molecule has 0 saturated heterocycles. The first-order valence-corrected chi connectivity index (χ1v) is 10.5. The molecular formula is C24H20N4OS. The molecule has 4 rings (SSSR count). The highest BCUT2D eigenvalue weighted by molar-refractivity contribution is 7.98. The number of hydrogen-bond donors (Lipinski definition) is 0. The number of methoxy groups -OCH3 is 1. The van der Waals surface area contributed by atoms with Crippen molar-refractivity contribution < 1.29 is 4.74 Å². The molecule has 3 aromatic carbocycles. The van der Waals surface area contributed by atoms with E-state index in [1.165, 1.54) is 5.56 Å². The zero-order chi connectivity index (χ0) is 20.9. The molecule has 0 radical (unpaired) electrons. The average Bonchev–Trinajstić information content (AvgIpc) is 3.22. The summed E-state index contributed by atoms with van der Waals surface area (Å²) in [5.41, 5.74) is 4.87. The Hall–Kier alpha value is -3.56. The highest BCUT2D eigenvalue weighted by atomic mass is 32.2. The van der Waals surface area contributed by atoms with Gasteiger partial charge in [0.2, 0.25) is 0 Å². The van der Waals surface area contributed by atoms with Gasteiger partial charge in [0.25, 0.3) is 0 Å². The monoisotopic (exact) mass is 412 g/mol. The van der Waals surface area contributed by atoms with Gasteiger partial charge in [0.1, 0.15) is 5.75 Å². The molecule has 6 heteroatoms. The largest absolute Gasteiger partial charge is 0.497 e. The number of hydrogen-bond acceptors (Lipinski definition) is 5. The van der Waals surface area contributed by atoms with Crippen LogP contribution >= 0.6 is 11.8 Å². The molecule has 30 heavy (non-hydrogen) atoms. The second-order valence-electron chi connectivity index (χ2n) is 6.81. The summed E-state index contributed by atoms with van der Waals surface area (Å²) >= 11 is 1.59. The van der Waals surface area contributed by atoms with E-state index in [1.807, 2.05) is 60.7 Å².